The molecular weight excluding hydrogens is 319 g/mol. The van der Waals surface area contributed by atoms with Crippen LogP contribution in [0.1, 0.15) is 17.3 Å². The maximum Gasteiger partial charge on any atom is 0.340 e. The number of amides is 3. The summed E-state index contributed by atoms with van der Waals surface area (Å²) in [5, 5.41) is 2.76. The summed E-state index contributed by atoms with van der Waals surface area (Å²) >= 11 is 11.7. The highest BCUT2D eigenvalue weighted by atomic mass is 35.5. The van der Waals surface area contributed by atoms with Crippen LogP contribution in [0.3, 0.4) is 0 Å². The first-order chi connectivity index (χ1) is 9.91. The number of esters is 1. The van der Waals surface area contributed by atoms with Crippen LogP contribution in [0.15, 0.2) is 18.2 Å². The zero-order chi connectivity index (χ0) is 15.6. The maximum atomic E-state index is 12.0. The molecule has 3 amide bonds. The molecule has 21 heavy (non-hydrogen) atoms. The van der Waals surface area contributed by atoms with Gasteiger partial charge in [0, 0.05) is 13.1 Å². The number of imide groups is 1. The SMILES string of the molecule is CC(OC(=O)c1cccc(Cl)c1Cl)C(=O)N1CCNC1=O. The fourth-order valence-electron chi connectivity index (χ4n) is 1.84. The van der Waals surface area contributed by atoms with E-state index in [1.165, 1.54) is 19.1 Å². The van der Waals surface area contributed by atoms with Crippen molar-refractivity contribution in [2.45, 2.75) is 13.0 Å². The Morgan fingerprint density at radius 3 is 2.71 bits per heavy atom. The van der Waals surface area contributed by atoms with Gasteiger partial charge in [0.1, 0.15) is 0 Å². The van der Waals surface area contributed by atoms with Gasteiger partial charge in [-0.25, -0.2) is 9.59 Å². The zero-order valence-corrected chi connectivity index (χ0v) is 12.6. The van der Waals surface area contributed by atoms with Crippen LogP contribution in [-0.4, -0.2) is 42.0 Å². The van der Waals surface area contributed by atoms with Crippen molar-refractivity contribution < 1.29 is 19.1 Å². The third-order valence-electron chi connectivity index (χ3n) is 2.93. The number of ether oxygens (including phenoxy) is 1. The van der Waals surface area contributed by atoms with E-state index in [0.29, 0.717) is 6.54 Å². The van der Waals surface area contributed by atoms with E-state index in [9.17, 15) is 14.4 Å². The normalized spacial score (nSPS) is 15.6. The fourth-order valence-corrected chi connectivity index (χ4v) is 2.21. The summed E-state index contributed by atoms with van der Waals surface area (Å²) in [5.74, 6) is -1.36. The lowest BCUT2D eigenvalue weighted by molar-refractivity contribution is -0.136. The molecule has 1 heterocycles. The quantitative estimate of drug-likeness (QED) is 0.861. The standard InChI is InChI=1S/C13H12Cl2N2O4/c1-7(11(18)17-6-5-16-13(17)20)21-12(19)8-3-2-4-9(14)10(8)15/h2-4,7H,5-6H2,1H3,(H,16,20). The Bertz CT molecular complexity index is 606. The van der Waals surface area contributed by atoms with Crippen LogP contribution in [-0.2, 0) is 9.53 Å². The summed E-state index contributed by atoms with van der Waals surface area (Å²) in [7, 11) is 0. The predicted molar refractivity (Wildman–Crippen MR) is 76.5 cm³/mol. The number of nitrogens with zero attached hydrogens (tertiary/aromatic N) is 1. The largest absolute Gasteiger partial charge is 0.449 e. The van der Waals surface area contributed by atoms with Crippen LogP contribution in [0, 0.1) is 0 Å². The number of carbonyl (C=O) groups excluding carboxylic acids is 3. The van der Waals surface area contributed by atoms with Crippen molar-refractivity contribution in [1.82, 2.24) is 10.2 Å². The topological polar surface area (TPSA) is 75.7 Å². The van der Waals surface area contributed by atoms with Crippen molar-refractivity contribution in [3.63, 3.8) is 0 Å². The average Bonchev–Trinajstić information content (AvgIpc) is 2.87. The van der Waals surface area contributed by atoms with Gasteiger partial charge in [-0.3, -0.25) is 9.69 Å². The lowest BCUT2D eigenvalue weighted by atomic mass is 10.2. The van der Waals surface area contributed by atoms with Gasteiger partial charge >= 0.3 is 12.0 Å². The van der Waals surface area contributed by atoms with Gasteiger partial charge in [0.2, 0.25) is 0 Å². The number of rotatable bonds is 3. The van der Waals surface area contributed by atoms with Crippen LogP contribution in [0.4, 0.5) is 4.79 Å². The molecule has 1 atom stereocenters. The van der Waals surface area contributed by atoms with E-state index < -0.39 is 24.0 Å². The number of urea groups is 1. The van der Waals surface area contributed by atoms with Crippen molar-refractivity contribution in [3.8, 4) is 0 Å². The van der Waals surface area contributed by atoms with Crippen molar-refractivity contribution in [2.75, 3.05) is 13.1 Å². The lowest BCUT2D eigenvalue weighted by Crippen LogP contribution is -2.41. The van der Waals surface area contributed by atoms with E-state index in [0.717, 1.165) is 4.90 Å². The molecule has 0 bridgehead atoms. The number of halogens is 2. The van der Waals surface area contributed by atoms with Crippen LogP contribution < -0.4 is 5.32 Å². The first-order valence-corrected chi connectivity index (χ1v) is 6.91. The minimum atomic E-state index is -1.10. The summed E-state index contributed by atoms with van der Waals surface area (Å²) in [5.41, 5.74) is 0.0645. The highest BCUT2D eigenvalue weighted by Crippen LogP contribution is 2.26. The smallest absolute Gasteiger partial charge is 0.340 e. The Morgan fingerprint density at radius 2 is 2.10 bits per heavy atom. The molecule has 1 N–H and O–H groups in total. The van der Waals surface area contributed by atoms with Gasteiger partial charge in [-0.1, -0.05) is 29.3 Å². The summed E-state index contributed by atoms with van der Waals surface area (Å²) < 4.78 is 5.04. The first kappa shape index (κ1) is 15.6. The fraction of sp³-hybridized carbons (Fsp3) is 0.308. The van der Waals surface area contributed by atoms with Gasteiger partial charge < -0.3 is 10.1 Å². The molecular formula is C13H12Cl2N2O4. The Morgan fingerprint density at radius 1 is 1.38 bits per heavy atom. The van der Waals surface area contributed by atoms with Crippen LogP contribution in [0.2, 0.25) is 10.0 Å². The number of carbonyl (C=O) groups is 3. The van der Waals surface area contributed by atoms with Gasteiger partial charge in [0.15, 0.2) is 6.10 Å². The Kier molecular flexibility index (Phi) is 4.69. The Labute approximate surface area is 130 Å². The first-order valence-electron chi connectivity index (χ1n) is 6.16. The second-order valence-electron chi connectivity index (χ2n) is 4.37. The molecule has 1 aromatic carbocycles. The predicted octanol–water partition coefficient (Wildman–Crippen LogP) is 2.09. The molecule has 6 nitrogen and oxygen atoms in total. The molecule has 1 saturated heterocycles. The monoisotopic (exact) mass is 330 g/mol. The molecule has 1 aliphatic heterocycles. The highest BCUT2D eigenvalue weighted by molar-refractivity contribution is 6.43. The van der Waals surface area contributed by atoms with E-state index in [-0.39, 0.29) is 22.2 Å². The van der Waals surface area contributed by atoms with Gasteiger partial charge in [0.25, 0.3) is 5.91 Å². The second-order valence-corrected chi connectivity index (χ2v) is 5.16. The molecule has 1 aromatic rings. The van der Waals surface area contributed by atoms with E-state index >= 15 is 0 Å². The lowest BCUT2D eigenvalue weighted by Gasteiger charge is -2.18. The number of benzene rings is 1. The second kappa shape index (κ2) is 6.32. The molecule has 0 spiro atoms. The zero-order valence-electron chi connectivity index (χ0n) is 11.1. The number of nitrogens with one attached hydrogen (secondary N) is 1. The van der Waals surface area contributed by atoms with E-state index in [2.05, 4.69) is 5.32 Å². The van der Waals surface area contributed by atoms with E-state index in [1.54, 1.807) is 6.07 Å². The minimum Gasteiger partial charge on any atom is -0.449 e. The van der Waals surface area contributed by atoms with E-state index in [4.69, 9.17) is 27.9 Å². The Balaban J connectivity index is 2.07. The molecule has 0 saturated carbocycles. The summed E-state index contributed by atoms with van der Waals surface area (Å²) in [6.07, 6.45) is -1.10. The third kappa shape index (κ3) is 3.28. The van der Waals surface area contributed by atoms with Crippen LogP contribution in [0.5, 0.6) is 0 Å². The Hall–Kier alpha value is -1.79. The molecule has 112 valence electrons. The average molecular weight is 331 g/mol. The molecule has 1 fully saturated rings. The number of hydrogen-bond donors (Lipinski definition) is 1. The summed E-state index contributed by atoms with van der Waals surface area (Å²) in [4.78, 5) is 36.4. The molecule has 0 aromatic heterocycles. The number of hydrogen-bond acceptors (Lipinski definition) is 4. The summed E-state index contributed by atoms with van der Waals surface area (Å²) in [6.45, 7) is 2.02. The van der Waals surface area contributed by atoms with Crippen molar-refractivity contribution in [2.24, 2.45) is 0 Å². The molecule has 1 aliphatic rings. The van der Waals surface area contributed by atoms with Crippen LogP contribution in [0.25, 0.3) is 0 Å². The minimum absolute atomic E-state index is 0.0581. The van der Waals surface area contributed by atoms with Crippen molar-refractivity contribution in [1.29, 1.82) is 0 Å². The molecule has 1 unspecified atom stereocenters. The molecule has 0 aliphatic carbocycles. The van der Waals surface area contributed by atoms with Gasteiger partial charge in [0.05, 0.1) is 15.6 Å². The van der Waals surface area contributed by atoms with Crippen molar-refractivity contribution in [3.05, 3.63) is 33.8 Å². The van der Waals surface area contributed by atoms with E-state index in [1.807, 2.05) is 0 Å². The molecule has 0 radical (unpaired) electrons. The summed E-state index contributed by atoms with van der Waals surface area (Å²) in [6, 6.07) is 4.02. The highest BCUT2D eigenvalue weighted by Gasteiger charge is 2.32. The third-order valence-corrected chi connectivity index (χ3v) is 3.74. The van der Waals surface area contributed by atoms with Gasteiger partial charge in [-0.05, 0) is 19.1 Å². The van der Waals surface area contributed by atoms with Crippen molar-refractivity contribution >= 4 is 41.1 Å². The van der Waals surface area contributed by atoms with Gasteiger partial charge in [-0.2, -0.15) is 0 Å². The molecule has 2 rings (SSSR count). The maximum absolute atomic E-state index is 12.0. The molecule has 8 heteroatoms. The van der Waals surface area contributed by atoms with Gasteiger partial charge in [-0.15, -0.1) is 0 Å². The van der Waals surface area contributed by atoms with Crippen LogP contribution >= 0.6 is 23.2 Å².